The van der Waals surface area contributed by atoms with E-state index in [2.05, 4.69) is 5.32 Å². The lowest BCUT2D eigenvalue weighted by Crippen LogP contribution is -2.52. The van der Waals surface area contributed by atoms with Crippen molar-refractivity contribution in [2.45, 2.75) is 46.2 Å². The van der Waals surface area contributed by atoms with Crippen LogP contribution in [0.25, 0.3) is 0 Å². The van der Waals surface area contributed by atoms with Gasteiger partial charge in [-0.1, -0.05) is 44.2 Å². The number of carbonyl (C=O) groups excluding carboxylic acids is 2. The van der Waals surface area contributed by atoms with Crippen molar-refractivity contribution in [3.05, 3.63) is 69.8 Å². The molecule has 0 aliphatic carbocycles. The molecule has 35 heavy (non-hydrogen) atoms. The largest absolute Gasteiger partial charge is 0.354 e. The first-order valence-electron chi connectivity index (χ1n) is 11.3. The Kier molecular flexibility index (Phi) is 9.76. The van der Waals surface area contributed by atoms with E-state index in [0.717, 1.165) is 34.2 Å². The second-order valence-corrected chi connectivity index (χ2v) is 10.1. The standard InChI is InChI=1S/C24H32N4O6S/c1-5-14-25-24(30)22(6-2)26(16-19-11-8-7-10-18(19)3)23(29)17-27(35(4,33)34)20-12-9-13-21(15-20)28(31)32/h7-13,15,22H,5-6,14,16-17H2,1-4H3,(H,25,30)/t22-/m0/s1. The quantitative estimate of drug-likeness (QED) is 0.349. The van der Waals surface area contributed by atoms with E-state index in [-0.39, 0.29) is 23.8 Å². The highest BCUT2D eigenvalue weighted by molar-refractivity contribution is 7.92. The van der Waals surface area contributed by atoms with Crippen molar-refractivity contribution in [3.63, 3.8) is 0 Å². The van der Waals surface area contributed by atoms with Crippen molar-refractivity contribution in [1.82, 2.24) is 10.2 Å². The molecule has 0 bridgehead atoms. The fraction of sp³-hybridized carbons (Fsp3) is 0.417. The Bertz CT molecular complexity index is 1170. The van der Waals surface area contributed by atoms with Crippen LogP contribution in [0, 0.1) is 17.0 Å². The zero-order valence-corrected chi connectivity index (χ0v) is 21.2. The summed E-state index contributed by atoms with van der Waals surface area (Å²) in [5.74, 6) is -0.916. The van der Waals surface area contributed by atoms with Gasteiger partial charge in [0.2, 0.25) is 21.8 Å². The van der Waals surface area contributed by atoms with E-state index < -0.39 is 33.4 Å². The van der Waals surface area contributed by atoms with Gasteiger partial charge in [0.05, 0.1) is 16.9 Å². The van der Waals surface area contributed by atoms with Crippen LogP contribution in [0.5, 0.6) is 0 Å². The average Bonchev–Trinajstić information content (AvgIpc) is 2.81. The smallest absolute Gasteiger partial charge is 0.271 e. The minimum Gasteiger partial charge on any atom is -0.354 e. The second-order valence-electron chi connectivity index (χ2n) is 8.21. The predicted molar refractivity (Wildman–Crippen MR) is 134 cm³/mol. The number of hydrogen-bond acceptors (Lipinski definition) is 6. The van der Waals surface area contributed by atoms with Crippen LogP contribution in [0.1, 0.15) is 37.8 Å². The number of anilines is 1. The van der Waals surface area contributed by atoms with Gasteiger partial charge in [-0.3, -0.25) is 24.0 Å². The number of nitro groups is 1. The molecule has 2 aromatic carbocycles. The van der Waals surface area contributed by atoms with Gasteiger partial charge in [-0.25, -0.2) is 8.42 Å². The third-order valence-electron chi connectivity index (χ3n) is 5.54. The molecule has 1 N–H and O–H groups in total. The van der Waals surface area contributed by atoms with Gasteiger partial charge in [0.1, 0.15) is 12.6 Å². The first kappa shape index (κ1) is 27.8. The lowest BCUT2D eigenvalue weighted by atomic mass is 10.1. The predicted octanol–water partition coefficient (Wildman–Crippen LogP) is 3.00. The van der Waals surface area contributed by atoms with Crippen LogP contribution in [-0.4, -0.2) is 55.4 Å². The molecule has 190 valence electrons. The van der Waals surface area contributed by atoms with Gasteiger partial charge < -0.3 is 10.2 Å². The van der Waals surface area contributed by atoms with Crippen molar-refractivity contribution in [1.29, 1.82) is 0 Å². The molecule has 0 saturated carbocycles. The Morgan fingerprint density at radius 2 is 1.80 bits per heavy atom. The summed E-state index contributed by atoms with van der Waals surface area (Å²) in [6.45, 7) is 5.54. The van der Waals surface area contributed by atoms with Crippen LogP contribution in [0.15, 0.2) is 48.5 Å². The molecule has 0 fully saturated rings. The van der Waals surface area contributed by atoms with E-state index >= 15 is 0 Å². The molecule has 2 amide bonds. The van der Waals surface area contributed by atoms with Crippen LogP contribution in [0.3, 0.4) is 0 Å². The summed E-state index contributed by atoms with van der Waals surface area (Å²) >= 11 is 0. The van der Waals surface area contributed by atoms with Gasteiger partial charge in [-0.2, -0.15) is 0 Å². The highest BCUT2D eigenvalue weighted by atomic mass is 32.2. The minimum absolute atomic E-state index is 0.00521. The van der Waals surface area contributed by atoms with E-state index in [1.165, 1.54) is 23.1 Å². The number of sulfonamides is 1. The third kappa shape index (κ3) is 7.51. The van der Waals surface area contributed by atoms with E-state index in [1.54, 1.807) is 6.92 Å². The van der Waals surface area contributed by atoms with E-state index in [4.69, 9.17) is 0 Å². The summed E-state index contributed by atoms with van der Waals surface area (Å²) in [4.78, 5) is 38.4. The van der Waals surface area contributed by atoms with Gasteiger partial charge in [0, 0.05) is 25.2 Å². The normalized spacial score (nSPS) is 12.0. The maximum absolute atomic E-state index is 13.6. The maximum Gasteiger partial charge on any atom is 0.271 e. The first-order valence-corrected chi connectivity index (χ1v) is 13.2. The van der Waals surface area contributed by atoms with Crippen molar-refractivity contribution in [2.24, 2.45) is 0 Å². The number of nitrogens with zero attached hydrogens (tertiary/aromatic N) is 3. The highest BCUT2D eigenvalue weighted by Crippen LogP contribution is 2.24. The van der Waals surface area contributed by atoms with Crippen LogP contribution in [0.2, 0.25) is 0 Å². The Labute approximate surface area is 206 Å². The van der Waals surface area contributed by atoms with E-state index in [1.807, 2.05) is 38.1 Å². The highest BCUT2D eigenvalue weighted by Gasteiger charge is 2.32. The minimum atomic E-state index is -3.97. The van der Waals surface area contributed by atoms with Crippen LogP contribution in [0.4, 0.5) is 11.4 Å². The Morgan fingerprint density at radius 1 is 1.11 bits per heavy atom. The van der Waals surface area contributed by atoms with Crippen LogP contribution >= 0.6 is 0 Å². The molecular weight excluding hydrogens is 472 g/mol. The van der Waals surface area contributed by atoms with Crippen molar-refractivity contribution in [2.75, 3.05) is 23.7 Å². The fourth-order valence-electron chi connectivity index (χ4n) is 3.63. The van der Waals surface area contributed by atoms with Gasteiger partial charge in [0.15, 0.2) is 0 Å². The fourth-order valence-corrected chi connectivity index (χ4v) is 4.47. The SMILES string of the molecule is CCCNC(=O)[C@H](CC)N(Cc1ccccc1C)C(=O)CN(c1cccc([N+](=O)[O-])c1)S(C)(=O)=O. The number of amides is 2. The molecule has 0 unspecified atom stereocenters. The van der Waals surface area contributed by atoms with Gasteiger partial charge >= 0.3 is 0 Å². The lowest BCUT2D eigenvalue weighted by Gasteiger charge is -2.33. The molecule has 0 radical (unpaired) electrons. The first-order chi connectivity index (χ1) is 16.5. The number of non-ortho nitro benzene ring substituents is 1. The van der Waals surface area contributed by atoms with Gasteiger partial charge in [-0.05, 0) is 37.0 Å². The molecule has 0 heterocycles. The number of nitrogens with one attached hydrogen (secondary N) is 1. The molecule has 1 atom stereocenters. The molecular formula is C24H32N4O6S. The van der Waals surface area contributed by atoms with Gasteiger partial charge in [0.25, 0.3) is 5.69 Å². The molecule has 0 aromatic heterocycles. The molecule has 10 nitrogen and oxygen atoms in total. The Balaban J connectivity index is 2.47. The molecule has 0 saturated heterocycles. The molecule has 0 spiro atoms. The van der Waals surface area contributed by atoms with Crippen molar-refractivity contribution >= 4 is 33.2 Å². The Morgan fingerprint density at radius 3 is 2.37 bits per heavy atom. The van der Waals surface area contributed by atoms with Crippen LogP contribution in [-0.2, 0) is 26.2 Å². The zero-order chi connectivity index (χ0) is 26.2. The monoisotopic (exact) mass is 504 g/mol. The summed E-state index contributed by atoms with van der Waals surface area (Å²) in [5, 5.41) is 14.0. The lowest BCUT2D eigenvalue weighted by molar-refractivity contribution is -0.384. The maximum atomic E-state index is 13.6. The number of nitro benzene ring substituents is 1. The third-order valence-corrected chi connectivity index (χ3v) is 6.69. The molecule has 0 aliphatic heterocycles. The number of benzene rings is 2. The zero-order valence-electron chi connectivity index (χ0n) is 20.4. The van der Waals surface area contributed by atoms with Crippen LogP contribution < -0.4 is 9.62 Å². The second kappa shape index (κ2) is 12.3. The molecule has 0 aliphatic rings. The number of aryl methyl sites for hydroxylation is 1. The van der Waals surface area contributed by atoms with Gasteiger partial charge in [-0.15, -0.1) is 0 Å². The topological polar surface area (TPSA) is 130 Å². The number of carbonyl (C=O) groups is 2. The molecule has 2 rings (SSSR count). The molecule has 2 aromatic rings. The summed E-state index contributed by atoms with van der Waals surface area (Å²) in [5.41, 5.74) is 1.44. The van der Waals surface area contributed by atoms with Crippen molar-refractivity contribution < 1.29 is 22.9 Å². The molecule has 11 heteroatoms. The van der Waals surface area contributed by atoms with Crippen molar-refractivity contribution in [3.8, 4) is 0 Å². The number of rotatable bonds is 12. The number of hydrogen-bond donors (Lipinski definition) is 1. The summed E-state index contributed by atoms with van der Waals surface area (Å²) < 4.78 is 26.0. The van der Waals surface area contributed by atoms with E-state index in [0.29, 0.717) is 13.0 Å². The Hall–Kier alpha value is -3.47. The summed E-state index contributed by atoms with van der Waals surface area (Å²) in [7, 11) is -3.97. The van der Waals surface area contributed by atoms with E-state index in [9.17, 15) is 28.1 Å². The summed E-state index contributed by atoms with van der Waals surface area (Å²) in [6.07, 6.45) is 1.97. The summed E-state index contributed by atoms with van der Waals surface area (Å²) in [6, 6.07) is 11.7. The average molecular weight is 505 g/mol.